The van der Waals surface area contributed by atoms with Gasteiger partial charge in [-0.05, 0) is 13.8 Å². The first-order chi connectivity index (χ1) is 5.50. The maximum Gasteiger partial charge on any atom is 0.318 e. The van der Waals surface area contributed by atoms with Crippen molar-refractivity contribution in [2.24, 2.45) is 0 Å². The van der Waals surface area contributed by atoms with Gasteiger partial charge in [0.1, 0.15) is 5.25 Å². The lowest BCUT2D eigenvalue weighted by atomic mass is 10.5. The van der Waals surface area contributed by atoms with Gasteiger partial charge in [-0.25, -0.2) is 0 Å². The molecule has 5 heteroatoms. The van der Waals surface area contributed by atoms with Crippen LogP contribution in [0.25, 0.3) is 0 Å². The van der Waals surface area contributed by atoms with Crippen LogP contribution in [0.5, 0.6) is 0 Å². The molecule has 0 spiro atoms. The van der Waals surface area contributed by atoms with Crippen molar-refractivity contribution < 1.29 is 18.8 Å². The fourth-order valence-corrected chi connectivity index (χ4v) is 1.92. The summed E-state index contributed by atoms with van der Waals surface area (Å²) >= 11 is 0. The topological polar surface area (TPSA) is 63.6 Å². The van der Waals surface area contributed by atoms with Gasteiger partial charge in [0.2, 0.25) is 0 Å². The summed E-state index contributed by atoms with van der Waals surface area (Å²) in [6.07, 6.45) is 0. The molecule has 4 nitrogen and oxygen atoms in total. The number of hydrogen-bond donors (Lipinski definition) is 1. The van der Waals surface area contributed by atoms with Crippen LogP contribution in [0.4, 0.5) is 0 Å². The van der Waals surface area contributed by atoms with Crippen LogP contribution in [-0.2, 0) is 20.3 Å². The van der Waals surface area contributed by atoms with Gasteiger partial charge in [0.15, 0.2) is 0 Å². The number of carboxylic acids is 1. The Morgan fingerprint density at radius 1 is 1.58 bits per heavy atom. The van der Waals surface area contributed by atoms with Crippen LogP contribution in [0.15, 0.2) is 0 Å². The quantitative estimate of drug-likeness (QED) is 0.681. The Hall–Kier alpha value is -0.420. The van der Waals surface area contributed by atoms with Crippen LogP contribution in [0, 0.1) is 0 Å². The zero-order valence-corrected chi connectivity index (χ0v) is 8.26. The van der Waals surface area contributed by atoms with E-state index >= 15 is 0 Å². The molecule has 3 atom stereocenters. The summed E-state index contributed by atoms with van der Waals surface area (Å²) in [6, 6.07) is 0. The summed E-state index contributed by atoms with van der Waals surface area (Å²) in [6.45, 7) is 3.47. The summed E-state index contributed by atoms with van der Waals surface area (Å²) in [5.74, 6) is -1.03. The summed E-state index contributed by atoms with van der Waals surface area (Å²) in [7, 11) is 0.135. The molecule has 3 unspecified atom stereocenters. The molecule has 0 aromatic rings. The number of carboxylic acid groups (broad SMARTS) is 1. The predicted octanol–water partition coefficient (Wildman–Crippen LogP) is 0.243. The number of hydrogen-bond acceptors (Lipinski definition) is 3. The van der Waals surface area contributed by atoms with Gasteiger partial charge in [0.05, 0.1) is 11.9 Å². The van der Waals surface area contributed by atoms with E-state index in [9.17, 15) is 9.00 Å². The largest absolute Gasteiger partial charge is 0.480 e. The first-order valence-corrected chi connectivity index (χ1v) is 4.89. The Bertz CT molecular complexity index is 180. The Morgan fingerprint density at radius 3 is 2.42 bits per heavy atom. The van der Waals surface area contributed by atoms with E-state index < -0.39 is 22.0 Å². The molecule has 0 aliphatic heterocycles. The van der Waals surface area contributed by atoms with Gasteiger partial charge >= 0.3 is 5.97 Å². The Kier molecular flexibility index (Phi) is 5.08. The maximum absolute atomic E-state index is 11.3. The molecule has 0 aromatic heterocycles. The third-order valence-electron chi connectivity index (χ3n) is 1.49. The van der Waals surface area contributed by atoms with Gasteiger partial charge < -0.3 is 9.84 Å². The van der Waals surface area contributed by atoms with Gasteiger partial charge in [-0.1, -0.05) is 0 Å². The highest BCUT2D eigenvalue weighted by atomic mass is 32.2. The molecule has 0 saturated carbocycles. The van der Waals surface area contributed by atoms with Crippen molar-refractivity contribution in [3.63, 3.8) is 0 Å². The van der Waals surface area contributed by atoms with E-state index in [2.05, 4.69) is 0 Å². The Morgan fingerprint density at radius 2 is 2.08 bits per heavy atom. The second-order valence-electron chi connectivity index (χ2n) is 2.57. The number of rotatable bonds is 5. The van der Waals surface area contributed by atoms with E-state index in [0.29, 0.717) is 6.61 Å². The summed E-state index contributed by atoms with van der Waals surface area (Å²) < 4.78 is 16.1. The molecule has 0 aliphatic carbocycles. The maximum atomic E-state index is 11.3. The zero-order chi connectivity index (χ0) is 9.72. The lowest BCUT2D eigenvalue weighted by Crippen LogP contribution is -2.30. The van der Waals surface area contributed by atoms with E-state index in [-0.39, 0.29) is 5.25 Å². The van der Waals surface area contributed by atoms with Gasteiger partial charge in [0, 0.05) is 17.9 Å². The number of carbonyl (C=O) groups is 1. The second-order valence-corrected chi connectivity index (χ2v) is 4.74. The average Bonchev–Trinajstić information content (AvgIpc) is 2.02. The van der Waals surface area contributed by atoms with Crippen molar-refractivity contribution in [2.45, 2.75) is 24.3 Å². The highest BCUT2D eigenvalue weighted by molar-refractivity contribution is 7.87. The van der Waals surface area contributed by atoms with Crippen LogP contribution in [0.1, 0.15) is 13.8 Å². The standard InChI is InChI=1S/C7H14O4S/c1-5(4-11-3)12(10)6(2)7(8)9/h5-6H,4H2,1-3H3,(H,8,9). The molecule has 0 bridgehead atoms. The molecule has 0 rings (SSSR count). The first-order valence-electron chi connectivity index (χ1n) is 3.61. The van der Waals surface area contributed by atoms with E-state index in [0.717, 1.165) is 0 Å². The molecule has 0 fully saturated rings. The van der Waals surface area contributed by atoms with E-state index in [1.807, 2.05) is 0 Å². The van der Waals surface area contributed by atoms with E-state index in [1.54, 1.807) is 6.92 Å². The molecule has 0 aromatic carbocycles. The molecule has 1 N–H and O–H groups in total. The summed E-state index contributed by atoms with van der Waals surface area (Å²) in [4.78, 5) is 10.4. The van der Waals surface area contributed by atoms with Crippen LogP contribution in [0.2, 0.25) is 0 Å². The minimum Gasteiger partial charge on any atom is -0.480 e. The van der Waals surface area contributed by atoms with Crippen LogP contribution in [-0.4, -0.2) is 39.5 Å². The molecule has 0 aliphatic rings. The SMILES string of the molecule is COCC(C)S(=O)C(C)C(=O)O. The van der Waals surface area contributed by atoms with Gasteiger partial charge in [-0.3, -0.25) is 9.00 Å². The molecular formula is C7H14O4S. The minimum atomic E-state index is -1.36. The smallest absolute Gasteiger partial charge is 0.318 e. The predicted molar refractivity (Wildman–Crippen MR) is 46.6 cm³/mol. The minimum absolute atomic E-state index is 0.235. The summed E-state index contributed by atoms with van der Waals surface area (Å²) in [5.41, 5.74) is 0. The number of aliphatic carboxylic acids is 1. The second kappa shape index (κ2) is 5.27. The van der Waals surface area contributed by atoms with Crippen molar-refractivity contribution >= 4 is 16.8 Å². The molecule has 0 saturated heterocycles. The fraction of sp³-hybridized carbons (Fsp3) is 0.857. The lowest BCUT2D eigenvalue weighted by Gasteiger charge is -2.12. The monoisotopic (exact) mass is 194 g/mol. The molecule has 12 heavy (non-hydrogen) atoms. The molecule has 72 valence electrons. The van der Waals surface area contributed by atoms with E-state index in [4.69, 9.17) is 9.84 Å². The van der Waals surface area contributed by atoms with Crippen LogP contribution in [0.3, 0.4) is 0 Å². The van der Waals surface area contributed by atoms with Crippen molar-refractivity contribution in [3.8, 4) is 0 Å². The van der Waals surface area contributed by atoms with E-state index in [1.165, 1.54) is 14.0 Å². The highest BCUT2D eigenvalue weighted by Crippen LogP contribution is 2.04. The summed E-state index contributed by atoms with van der Waals surface area (Å²) in [5, 5.41) is 7.48. The van der Waals surface area contributed by atoms with Gasteiger partial charge in [-0.2, -0.15) is 0 Å². The van der Waals surface area contributed by atoms with Crippen LogP contribution < -0.4 is 0 Å². The fourth-order valence-electron chi connectivity index (χ4n) is 0.750. The van der Waals surface area contributed by atoms with Crippen molar-refractivity contribution in [1.29, 1.82) is 0 Å². The normalized spacial score (nSPS) is 18.2. The molecule has 0 heterocycles. The first kappa shape index (κ1) is 11.6. The highest BCUT2D eigenvalue weighted by Gasteiger charge is 2.23. The van der Waals surface area contributed by atoms with Crippen molar-refractivity contribution in [3.05, 3.63) is 0 Å². The molecule has 0 amide bonds. The Balaban J connectivity index is 4.09. The van der Waals surface area contributed by atoms with Crippen molar-refractivity contribution in [1.82, 2.24) is 0 Å². The third-order valence-corrected chi connectivity index (χ3v) is 3.32. The number of ether oxygens (including phenoxy) is 1. The molecule has 0 radical (unpaired) electrons. The average molecular weight is 194 g/mol. The van der Waals surface area contributed by atoms with Crippen LogP contribution >= 0.6 is 0 Å². The van der Waals surface area contributed by atoms with Gasteiger partial charge in [0.25, 0.3) is 0 Å². The number of methoxy groups -OCH3 is 1. The molecular weight excluding hydrogens is 180 g/mol. The van der Waals surface area contributed by atoms with Crippen molar-refractivity contribution in [2.75, 3.05) is 13.7 Å². The lowest BCUT2D eigenvalue weighted by molar-refractivity contribution is -0.136. The Labute approximate surface area is 74.4 Å². The zero-order valence-electron chi connectivity index (χ0n) is 7.44. The van der Waals surface area contributed by atoms with Gasteiger partial charge in [-0.15, -0.1) is 0 Å². The third kappa shape index (κ3) is 3.32.